The number of hydrogen-bond donors (Lipinski definition) is 1. The van der Waals surface area contributed by atoms with E-state index in [0.717, 1.165) is 41.1 Å². The van der Waals surface area contributed by atoms with Crippen molar-refractivity contribution in [3.8, 4) is 0 Å². The van der Waals surface area contributed by atoms with Crippen LogP contribution in [0, 0.1) is 6.92 Å². The van der Waals surface area contributed by atoms with Crippen molar-refractivity contribution in [1.82, 2.24) is 19.9 Å². The SMILES string of the molecule is Cc1c[nH]c2ncnc(N3CCN(C(=O)Cc4ccccc4)[C@@H](C)C3)c12. The van der Waals surface area contributed by atoms with Gasteiger partial charge in [-0.05, 0) is 25.0 Å². The number of aromatic nitrogens is 3. The summed E-state index contributed by atoms with van der Waals surface area (Å²) in [6, 6.07) is 10.1. The number of amides is 1. The predicted octanol–water partition coefficient (Wildman–Crippen LogP) is 2.55. The zero-order valence-electron chi connectivity index (χ0n) is 15.1. The smallest absolute Gasteiger partial charge is 0.227 e. The first-order valence-electron chi connectivity index (χ1n) is 9.00. The number of aromatic amines is 1. The Bertz CT molecular complexity index is 920. The first kappa shape index (κ1) is 16.6. The average molecular weight is 349 g/mol. The second-order valence-corrected chi connectivity index (χ2v) is 6.94. The van der Waals surface area contributed by atoms with Gasteiger partial charge in [-0.3, -0.25) is 4.79 Å². The lowest BCUT2D eigenvalue weighted by atomic mass is 10.1. The van der Waals surface area contributed by atoms with Crippen molar-refractivity contribution in [2.45, 2.75) is 26.3 Å². The summed E-state index contributed by atoms with van der Waals surface area (Å²) in [5, 5.41) is 1.07. The number of anilines is 1. The quantitative estimate of drug-likeness (QED) is 0.789. The molecule has 0 unspecified atom stereocenters. The number of nitrogens with one attached hydrogen (secondary N) is 1. The van der Waals surface area contributed by atoms with Crippen LogP contribution in [-0.2, 0) is 11.2 Å². The molecule has 6 heteroatoms. The van der Waals surface area contributed by atoms with Gasteiger partial charge >= 0.3 is 0 Å². The molecule has 0 aliphatic carbocycles. The highest BCUT2D eigenvalue weighted by Gasteiger charge is 2.29. The van der Waals surface area contributed by atoms with E-state index in [1.165, 1.54) is 0 Å². The number of H-pyrrole nitrogens is 1. The van der Waals surface area contributed by atoms with Crippen molar-refractivity contribution < 1.29 is 4.79 Å². The summed E-state index contributed by atoms with van der Waals surface area (Å²) < 4.78 is 0. The maximum absolute atomic E-state index is 12.7. The molecule has 3 aromatic rings. The second-order valence-electron chi connectivity index (χ2n) is 6.94. The lowest BCUT2D eigenvalue weighted by molar-refractivity contribution is -0.132. The maximum Gasteiger partial charge on any atom is 0.227 e. The largest absolute Gasteiger partial charge is 0.352 e. The highest BCUT2D eigenvalue weighted by Crippen LogP contribution is 2.27. The Labute approximate surface area is 152 Å². The molecule has 1 fully saturated rings. The van der Waals surface area contributed by atoms with E-state index in [4.69, 9.17) is 0 Å². The summed E-state index contributed by atoms with van der Waals surface area (Å²) >= 11 is 0. The molecule has 1 saturated heterocycles. The van der Waals surface area contributed by atoms with Crippen LogP contribution >= 0.6 is 0 Å². The third kappa shape index (κ3) is 3.03. The fraction of sp³-hybridized carbons (Fsp3) is 0.350. The van der Waals surface area contributed by atoms with E-state index in [-0.39, 0.29) is 11.9 Å². The Hall–Kier alpha value is -2.89. The van der Waals surface area contributed by atoms with Gasteiger partial charge in [0.15, 0.2) is 0 Å². The van der Waals surface area contributed by atoms with E-state index in [9.17, 15) is 4.79 Å². The molecule has 1 atom stereocenters. The Balaban J connectivity index is 1.49. The van der Waals surface area contributed by atoms with Gasteiger partial charge in [-0.25, -0.2) is 9.97 Å². The summed E-state index contributed by atoms with van der Waals surface area (Å²) in [6.45, 7) is 6.44. The topological polar surface area (TPSA) is 65.1 Å². The Morgan fingerprint density at radius 2 is 2.04 bits per heavy atom. The van der Waals surface area contributed by atoms with Crippen molar-refractivity contribution in [3.63, 3.8) is 0 Å². The summed E-state index contributed by atoms with van der Waals surface area (Å²) in [6.07, 6.45) is 4.02. The van der Waals surface area contributed by atoms with E-state index >= 15 is 0 Å². The fourth-order valence-electron chi connectivity index (χ4n) is 3.73. The zero-order valence-corrected chi connectivity index (χ0v) is 15.1. The van der Waals surface area contributed by atoms with Crippen LogP contribution in [0.3, 0.4) is 0 Å². The molecule has 4 rings (SSSR count). The molecule has 1 N–H and O–H groups in total. The van der Waals surface area contributed by atoms with Crippen LogP contribution in [0.4, 0.5) is 5.82 Å². The van der Waals surface area contributed by atoms with Crippen molar-refractivity contribution in [3.05, 3.63) is 54.0 Å². The van der Waals surface area contributed by atoms with E-state index < -0.39 is 0 Å². The minimum atomic E-state index is 0.143. The normalized spacial score (nSPS) is 17.7. The van der Waals surface area contributed by atoms with Gasteiger partial charge in [0.1, 0.15) is 17.8 Å². The summed E-state index contributed by atoms with van der Waals surface area (Å²) in [7, 11) is 0. The van der Waals surface area contributed by atoms with Gasteiger partial charge in [-0.1, -0.05) is 30.3 Å². The molecular weight excluding hydrogens is 326 g/mol. The minimum absolute atomic E-state index is 0.143. The van der Waals surface area contributed by atoms with Gasteiger partial charge in [-0.2, -0.15) is 0 Å². The molecule has 2 aromatic heterocycles. The first-order valence-corrected chi connectivity index (χ1v) is 9.00. The minimum Gasteiger partial charge on any atom is -0.352 e. The van der Waals surface area contributed by atoms with Gasteiger partial charge in [0.2, 0.25) is 5.91 Å². The van der Waals surface area contributed by atoms with E-state index in [1.54, 1.807) is 6.33 Å². The van der Waals surface area contributed by atoms with Crippen molar-refractivity contribution in [2.75, 3.05) is 24.5 Å². The third-order valence-corrected chi connectivity index (χ3v) is 5.09. The molecule has 0 spiro atoms. The summed E-state index contributed by atoms with van der Waals surface area (Å²) in [4.78, 5) is 29.0. The molecule has 0 bridgehead atoms. The number of benzene rings is 1. The van der Waals surface area contributed by atoms with Crippen LogP contribution in [0.2, 0.25) is 0 Å². The number of carbonyl (C=O) groups excluding carboxylic acids is 1. The Morgan fingerprint density at radius 1 is 1.23 bits per heavy atom. The Kier molecular flexibility index (Phi) is 4.32. The highest BCUT2D eigenvalue weighted by atomic mass is 16.2. The molecule has 26 heavy (non-hydrogen) atoms. The highest BCUT2D eigenvalue weighted by molar-refractivity contribution is 5.90. The molecule has 0 saturated carbocycles. The van der Waals surface area contributed by atoms with Gasteiger partial charge < -0.3 is 14.8 Å². The molecule has 1 aromatic carbocycles. The molecule has 3 heterocycles. The molecule has 6 nitrogen and oxygen atoms in total. The van der Waals surface area contributed by atoms with Crippen LogP contribution in [0.25, 0.3) is 11.0 Å². The van der Waals surface area contributed by atoms with Crippen molar-refractivity contribution in [1.29, 1.82) is 0 Å². The monoisotopic (exact) mass is 349 g/mol. The van der Waals surface area contributed by atoms with Gasteiger partial charge in [0.25, 0.3) is 0 Å². The number of aryl methyl sites for hydroxylation is 1. The van der Waals surface area contributed by atoms with Gasteiger partial charge in [0, 0.05) is 31.9 Å². The molecule has 1 aliphatic heterocycles. The maximum atomic E-state index is 12.7. The van der Waals surface area contributed by atoms with Gasteiger partial charge in [-0.15, -0.1) is 0 Å². The summed E-state index contributed by atoms with van der Waals surface area (Å²) in [5.41, 5.74) is 3.07. The number of hydrogen-bond acceptors (Lipinski definition) is 4. The predicted molar refractivity (Wildman–Crippen MR) is 102 cm³/mol. The molecule has 134 valence electrons. The van der Waals surface area contributed by atoms with E-state index in [2.05, 4.69) is 33.7 Å². The van der Waals surface area contributed by atoms with Crippen LogP contribution in [0.15, 0.2) is 42.9 Å². The van der Waals surface area contributed by atoms with E-state index in [0.29, 0.717) is 13.0 Å². The number of carbonyl (C=O) groups is 1. The Morgan fingerprint density at radius 3 is 2.81 bits per heavy atom. The number of nitrogens with zero attached hydrogens (tertiary/aromatic N) is 4. The van der Waals surface area contributed by atoms with Gasteiger partial charge in [0.05, 0.1) is 11.8 Å². The van der Waals surface area contributed by atoms with Crippen molar-refractivity contribution in [2.24, 2.45) is 0 Å². The molecular formula is C20H23N5O. The van der Waals surface area contributed by atoms with Crippen LogP contribution < -0.4 is 4.90 Å². The lowest BCUT2D eigenvalue weighted by Gasteiger charge is -2.40. The van der Waals surface area contributed by atoms with Crippen LogP contribution in [-0.4, -0.2) is 51.4 Å². The molecule has 1 amide bonds. The standard InChI is InChI=1S/C20H23N5O/c1-14-11-21-19-18(14)20(23-13-22-19)24-8-9-25(15(2)12-24)17(26)10-16-6-4-3-5-7-16/h3-7,11,13,15H,8-10,12H2,1-2H3,(H,21,22,23)/t15-/m0/s1. The lowest BCUT2D eigenvalue weighted by Crippen LogP contribution is -2.54. The first-order chi connectivity index (χ1) is 12.6. The fourth-order valence-corrected chi connectivity index (χ4v) is 3.73. The van der Waals surface area contributed by atoms with E-state index in [1.807, 2.05) is 41.4 Å². The van der Waals surface area contributed by atoms with Crippen LogP contribution in [0.1, 0.15) is 18.1 Å². The average Bonchev–Trinajstić information content (AvgIpc) is 3.04. The number of fused-ring (bicyclic) bond motifs is 1. The number of piperazine rings is 1. The zero-order chi connectivity index (χ0) is 18.1. The summed E-state index contributed by atoms with van der Waals surface area (Å²) in [5.74, 6) is 1.14. The van der Waals surface area contributed by atoms with Crippen LogP contribution in [0.5, 0.6) is 0 Å². The third-order valence-electron chi connectivity index (χ3n) is 5.09. The van der Waals surface area contributed by atoms with Crippen molar-refractivity contribution >= 4 is 22.8 Å². The number of rotatable bonds is 3. The molecule has 1 aliphatic rings. The second kappa shape index (κ2) is 6.78. The molecule has 0 radical (unpaired) electrons.